The van der Waals surface area contributed by atoms with E-state index >= 15 is 0 Å². The molecule has 1 heterocycles. The molecule has 0 radical (unpaired) electrons. The zero-order chi connectivity index (χ0) is 24.1. The predicted molar refractivity (Wildman–Crippen MR) is 126 cm³/mol. The fourth-order valence-electron chi connectivity index (χ4n) is 4.48. The van der Waals surface area contributed by atoms with Crippen LogP contribution in [0.4, 0.5) is 0 Å². The molecule has 178 valence electrons. The molecule has 7 nitrogen and oxygen atoms in total. The van der Waals surface area contributed by atoms with Crippen molar-refractivity contribution in [3.05, 3.63) is 47.5 Å². The molecule has 1 saturated heterocycles. The number of likely N-dealkylation sites (tertiary alicyclic amines) is 1. The van der Waals surface area contributed by atoms with E-state index in [2.05, 4.69) is 5.32 Å². The Morgan fingerprint density at radius 1 is 1.09 bits per heavy atom. The van der Waals surface area contributed by atoms with Gasteiger partial charge in [-0.1, -0.05) is 55.8 Å². The molecule has 3 rings (SSSR count). The summed E-state index contributed by atoms with van der Waals surface area (Å²) < 4.78 is 0. The molecule has 1 aromatic rings. The van der Waals surface area contributed by atoms with E-state index in [0.717, 1.165) is 11.1 Å². The second kappa shape index (κ2) is 10.8. The van der Waals surface area contributed by atoms with E-state index in [-0.39, 0.29) is 55.0 Å². The molecule has 1 aliphatic carbocycles. The number of carbonyl (C=O) groups excluding carboxylic acids is 4. The van der Waals surface area contributed by atoms with Crippen molar-refractivity contribution in [1.29, 1.82) is 0 Å². The molecular weight excluding hydrogens is 418 g/mol. The van der Waals surface area contributed by atoms with E-state index in [1.165, 1.54) is 4.90 Å². The van der Waals surface area contributed by atoms with Crippen molar-refractivity contribution in [3.63, 3.8) is 0 Å². The third kappa shape index (κ3) is 5.89. The molecule has 0 spiro atoms. The second-order valence-electron chi connectivity index (χ2n) is 9.56. The molecular formula is C26H35N3O4. The number of nitrogens with zero attached hydrogens (tertiary/aromatic N) is 2. The minimum atomic E-state index is -0.673. The summed E-state index contributed by atoms with van der Waals surface area (Å²) >= 11 is 0. The lowest BCUT2D eigenvalue weighted by Gasteiger charge is -2.29. The van der Waals surface area contributed by atoms with E-state index < -0.39 is 6.04 Å². The number of aryl methyl sites for hydroxylation is 1. The summed E-state index contributed by atoms with van der Waals surface area (Å²) in [4.78, 5) is 54.3. The largest absolute Gasteiger partial charge is 0.354 e. The van der Waals surface area contributed by atoms with Crippen molar-refractivity contribution in [2.75, 3.05) is 13.1 Å². The van der Waals surface area contributed by atoms with Gasteiger partial charge in [0, 0.05) is 26.1 Å². The molecule has 4 amide bonds. The van der Waals surface area contributed by atoms with Gasteiger partial charge in [0.2, 0.25) is 23.6 Å². The molecule has 0 saturated carbocycles. The van der Waals surface area contributed by atoms with Crippen LogP contribution in [0.3, 0.4) is 0 Å². The van der Waals surface area contributed by atoms with Gasteiger partial charge in [-0.25, -0.2) is 0 Å². The number of amides is 4. The van der Waals surface area contributed by atoms with Gasteiger partial charge in [0.25, 0.3) is 0 Å². The predicted octanol–water partition coefficient (Wildman–Crippen LogP) is 2.83. The third-order valence-electron chi connectivity index (χ3n) is 6.44. The number of carbonyl (C=O) groups is 4. The molecule has 1 N–H and O–H groups in total. The Hall–Kier alpha value is -2.96. The highest BCUT2D eigenvalue weighted by molar-refractivity contribution is 6.05. The number of benzene rings is 1. The van der Waals surface area contributed by atoms with Crippen molar-refractivity contribution >= 4 is 23.6 Å². The minimum absolute atomic E-state index is 0.00202. The van der Waals surface area contributed by atoms with Gasteiger partial charge in [-0.2, -0.15) is 0 Å². The van der Waals surface area contributed by atoms with Gasteiger partial charge in [0.05, 0.1) is 11.8 Å². The van der Waals surface area contributed by atoms with Crippen molar-refractivity contribution < 1.29 is 19.2 Å². The average molecular weight is 454 g/mol. The first-order valence-corrected chi connectivity index (χ1v) is 11.8. The molecule has 1 aromatic carbocycles. The van der Waals surface area contributed by atoms with Crippen LogP contribution in [0.15, 0.2) is 36.4 Å². The smallest absolute Gasteiger partial charge is 0.242 e. The maximum atomic E-state index is 13.3. The summed E-state index contributed by atoms with van der Waals surface area (Å²) in [5, 5.41) is 2.90. The van der Waals surface area contributed by atoms with E-state index in [0.29, 0.717) is 25.3 Å². The van der Waals surface area contributed by atoms with Crippen LogP contribution in [0.1, 0.15) is 51.2 Å². The summed E-state index contributed by atoms with van der Waals surface area (Å²) in [7, 11) is 0. The summed E-state index contributed by atoms with van der Waals surface area (Å²) in [5.74, 6) is -1.15. The van der Waals surface area contributed by atoms with E-state index in [9.17, 15) is 19.2 Å². The Labute approximate surface area is 196 Å². The zero-order valence-electron chi connectivity index (χ0n) is 20.0. The summed E-state index contributed by atoms with van der Waals surface area (Å²) in [6.07, 6.45) is 5.04. The van der Waals surface area contributed by atoms with Crippen molar-refractivity contribution in [2.45, 2.75) is 59.5 Å². The normalized spacial score (nSPS) is 20.7. The molecule has 0 unspecified atom stereocenters. The number of nitrogens with one attached hydrogen (secondary N) is 1. The minimum Gasteiger partial charge on any atom is -0.354 e. The van der Waals surface area contributed by atoms with Crippen molar-refractivity contribution in [3.8, 4) is 0 Å². The standard InChI is InChI=1S/C26H35N3O4/c1-17(2)15-27-24(31)19(4)29(16-20-9-7-8-18(3)14-20)23(30)12-13-28-25(32)21-10-5-6-11-22(21)26(28)33/h5-9,14,17,19,21-22H,10-13,15-16H2,1-4H3,(H,27,31)/t19-,21-,22+/m0/s1. The van der Waals surface area contributed by atoms with Gasteiger partial charge in [-0.15, -0.1) is 0 Å². The molecule has 3 atom stereocenters. The quantitative estimate of drug-likeness (QED) is 0.460. The van der Waals surface area contributed by atoms with Crippen LogP contribution in [-0.2, 0) is 25.7 Å². The first-order valence-electron chi connectivity index (χ1n) is 11.8. The summed E-state index contributed by atoms with van der Waals surface area (Å²) in [5.41, 5.74) is 2.00. The van der Waals surface area contributed by atoms with Gasteiger partial charge in [0.15, 0.2) is 0 Å². The van der Waals surface area contributed by atoms with Crippen LogP contribution in [0.25, 0.3) is 0 Å². The Kier molecular flexibility index (Phi) is 8.06. The fourth-order valence-corrected chi connectivity index (χ4v) is 4.48. The van der Waals surface area contributed by atoms with Crippen LogP contribution in [-0.4, -0.2) is 52.6 Å². The molecule has 7 heteroatoms. The van der Waals surface area contributed by atoms with Gasteiger partial charge in [0.1, 0.15) is 6.04 Å². The van der Waals surface area contributed by atoms with Crippen molar-refractivity contribution in [1.82, 2.24) is 15.1 Å². The number of imide groups is 1. The van der Waals surface area contributed by atoms with E-state index in [1.54, 1.807) is 11.8 Å². The Balaban J connectivity index is 1.71. The molecule has 0 aromatic heterocycles. The first-order chi connectivity index (χ1) is 15.7. The van der Waals surface area contributed by atoms with Crippen LogP contribution in [0.2, 0.25) is 0 Å². The number of hydrogen-bond donors (Lipinski definition) is 1. The highest BCUT2D eigenvalue weighted by atomic mass is 16.2. The lowest BCUT2D eigenvalue weighted by molar-refractivity contribution is -0.143. The molecule has 1 aliphatic heterocycles. The number of fused-ring (bicyclic) bond motifs is 1. The molecule has 1 fully saturated rings. The number of allylic oxidation sites excluding steroid dienone is 2. The SMILES string of the molecule is Cc1cccc(CN(C(=O)CCN2C(=O)[C@H]3CC=CC[C@H]3C2=O)[C@@H](C)C(=O)NCC(C)C)c1. The molecule has 33 heavy (non-hydrogen) atoms. The Morgan fingerprint density at radius 2 is 1.73 bits per heavy atom. The summed E-state index contributed by atoms with van der Waals surface area (Å²) in [6, 6.07) is 7.15. The molecule has 0 bridgehead atoms. The topological polar surface area (TPSA) is 86.8 Å². The van der Waals surface area contributed by atoms with Crippen molar-refractivity contribution in [2.24, 2.45) is 17.8 Å². The van der Waals surface area contributed by atoms with Crippen LogP contribution in [0, 0.1) is 24.7 Å². The van der Waals surface area contributed by atoms with E-state index in [4.69, 9.17) is 0 Å². The average Bonchev–Trinajstić information content (AvgIpc) is 3.03. The monoisotopic (exact) mass is 453 g/mol. The Morgan fingerprint density at radius 3 is 2.30 bits per heavy atom. The Bertz CT molecular complexity index is 913. The lowest BCUT2D eigenvalue weighted by Crippen LogP contribution is -2.49. The van der Waals surface area contributed by atoms with Crippen LogP contribution >= 0.6 is 0 Å². The number of rotatable bonds is 9. The fraction of sp³-hybridized carbons (Fsp3) is 0.538. The van der Waals surface area contributed by atoms with Crippen LogP contribution in [0.5, 0.6) is 0 Å². The lowest BCUT2D eigenvalue weighted by atomic mass is 9.85. The highest BCUT2D eigenvalue weighted by Gasteiger charge is 2.47. The second-order valence-corrected chi connectivity index (χ2v) is 9.56. The third-order valence-corrected chi connectivity index (χ3v) is 6.44. The zero-order valence-corrected chi connectivity index (χ0v) is 20.0. The van der Waals surface area contributed by atoms with Gasteiger partial charge >= 0.3 is 0 Å². The van der Waals surface area contributed by atoms with E-state index in [1.807, 2.05) is 57.2 Å². The van der Waals surface area contributed by atoms with Gasteiger partial charge in [-0.05, 0) is 38.2 Å². The van der Waals surface area contributed by atoms with Gasteiger partial charge in [-0.3, -0.25) is 24.1 Å². The summed E-state index contributed by atoms with van der Waals surface area (Å²) in [6.45, 7) is 8.59. The van der Waals surface area contributed by atoms with Gasteiger partial charge < -0.3 is 10.2 Å². The highest BCUT2D eigenvalue weighted by Crippen LogP contribution is 2.35. The maximum Gasteiger partial charge on any atom is 0.242 e. The first kappa shape index (κ1) is 24.7. The molecule has 2 aliphatic rings. The number of hydrogen-bond acceptors (Lipinski definition) is 4. The maximum absolute atomic E-state index is 13.3. The van der Waals surface area contributed by atoms with Crippen LogP contribution < -0.4 is 5.32 Å².